The van der Waals surface area contributed by atoms with Crippen LogP contribution in [0, 0.1) is 0 Å². The van der Waals surface area contributed by atoms with Gasteiger partial charge in [0.2, 0.25) is 7.38 Å². The molecule has 0 nitrogen and oxygen atoms in total. The van der Waals surface area contributed by atoms with E-state index >= 15 is 0 Å². The average molecular weight is 317 g/mol. The molecule has 0 aromatic heterocycles. The van der Waals surface area contributed by atoms with E-state index in [0.717, 1.165) is 19.3 Å². The largest absolute Gasteiger partial charge is 0.223 e. The standard InChI is InChI=1S/C19H25ClSi/c1-4-19(5-2,6-3)21(20,17-13-9-7-10-14-17)18-15-11-8-12-16-18/h7-16H,4-6H2,1-3H3. The Hall–Kier alpha value is -1.05. The van der Waals surface area contributed by atoms with Gasteiger partial charge in [-0.1, -0.05) is 101 Å². The molecule has 0 aliphatic rings. The van der Waals surface area contributed by atoms with Crippen molar-refractivity contribution in [1.29, 1.82) is 0 Å². The van der Waals surface area contributed by atoms with Crippen LogP contribution in [0.2, 0.25) is 5.04 Å². The van der Waals surface area contributed by atoms with E-state index < -0.39 is 7.38 Å². The van der Waals surface area contributed by atoms with E-state index in [-0.39, 0.29) is 5.04 Å². The molecule has 0 unspecified atom stereocenters. The summed E-state index contributed by atoms with van der Waals surface area (Å²) >= 11 is 7.55. The highest BCUT2D eigenvalue weighted by Crippen LogP contribution is 2.49. The van der Waals surface area contributed by atoms with Crippen molar-refractivity contribution in [3.63, 3.8) is 0 Å². The summed E-state index contributed by atoms with van der Waals surface area (Å²) < 4.78 is 0. The molecule has 2 rings (SSSR count). The van der Waals surface area contributed by atoms with Crippen LogP contribution in [-0.2, 0) is 0 Å². The third-order valence-electron chi connectivity index (χ3n) is 5.10. The average Bonchev–Trinajstić information content (AvgIpc) is 2.58. The summed E-state index contributed by atoms with van der Waals surface area (Å²) in [6, 6.07) is 21.5. The van der Waals surface area contributed by atoms with Crippen LogP contribution in [0.1, 0.15) is 40.0 Å². The molecular weight excluding hydrogens is 292 g/mol. The first-order chi connectivity index (χ1) is 10.1. The molecule has 112 valence electrons. The molecule has 0 saturated heterocycles. The summed E-state index contributed by atoms with van der Waals surface area (Å²) in [5.74, 6) is 0. The zero-order valence-corrected chi connectivity index (χ0v) is 15.0. The minimum atomic E-state index is -2.31. The topological polar surface area (TPSA) is 0 Å². The molecule has 0 heterocycles. The molecule has 0 atom stereocenters. The van der Waals surface area contributed by atoms with Crippen LogP contribution in [0.4, 0.5) is 0 Å². The fourth-order valence-corrected chi connectivity index (χ4v) is 9.88. The van der Waals surface area contributed by atoms with Crippen LogP contribution in [0.5, 0.6) is 0 Å². The molecule has 0 spiro atoms. The Morgan fingerprint density at radius 3 is 1.33 bits per heavy atom. The number of benzene rings is 2. The van der Waals surface area contributed by atoms with Gasteiger partial charge in [-0.05, 0) is 15.4 Å². The summed E-state index contributed by atoms with van der Waals surface area (Å²) in [6.45, 7) is 6.88. The summed E-state index contributed by atoms with van der Waals surface area (Å²) in [5.41, 5.74) is 0. The van der Waals surface area contributed by atoms with Crippen LogP contribution < -0.4 is 10.4 Å². The van der Waals surface area contributed by atoms with Gasteiger partial charge in [0.15, 0.2) is 0 Å². The smallest absolute Gasteiger partial charge is 0.154 e. The number of hydrogen-bond donors (Lipinski definition) is 0. The van der Waals surface area contributed by atoms with E-state index in [2.05, 4.69) is 81.4 Å². The summed E-state index contributed by atoms with van der Waals surface area (Å²) in [5, 5.41) is 2.86. The van der Waals surface area contributed by atoms with Crippen molar-refractivity contribution in [2.75, 3.05) is 0 Å². The van der Waals surface area contributed by atoms with E-state index in [1.54, 1.807) is 0 Å². The fraction of sp³-hybridized carbons (Fsp3) is 0.368. The Balaban J connectivity index is 2.71. The summed E-state index contributed by atoms with van der Waals surface area (Å²) in [4.78, 5) is 0. The van der Waals surface area contributed by atoms with E-state index in [1.807, 2.05) is 0 Å². The van der Waals surface area contributed by atoms with Crippen molar-refractivity contribution in [2.45, 2.75) is 45.1 Å². The van der Waals surface area contributed by atoms with Crippen molar-refractivity contribution < 1.29 is 0 Å². The van der Waals surface area contributed by atoms with Gasteiger partial charge in [0.05, 0.1) is 0 Å². The zero-order chi connectivity index (χ0) is 15.3. The fourth-order valence-electron chi connectivity index (χ4n) is 3.60. The number of rotatable bonds is 6. The molecule has 2 aromatic carbocycles. The van der Waals surface area contributed by atoms with Gasteiger partial charge in [-0.25, -0.2) is 0 Å². The van der Waals surface area contributed by atoms with Gasteiger partial charge in [0, 0.05) is 0 Å². The molecule has 0 radical (unpaired) electrons. The first-order valence-electron chi connectivity index (χ1n) is 7.94. The lowest BCUT2D eigenvalue weighted by molar-refractivity contribution is 0.490. The summed E-state index contributed by atoms with van der Waals surface area (Å²) in [6.07, 6.45) is 3.37. The van der Waals surface area contributed by atoms with Crippen LogP contribution >= 0.6 is 11.1 Å². The molecule has 0 amide bonds. The molecule has 0 fully saturated rings. The van der Waals surface area contributed by atoms with Crippen molar-refractivity contribution in [3.05, 3.63) is 60.7 Å². The molecule has 2 heteroatoms. The highest BCUT2D eigenvalue weighted by Gasteiger charge is 2.51. The quantitative estimate of drug-likeness (QED) is 0.522. The Labute approximate surface area is 134 Å². The van der Waals surface area contributed by atoms with Gasteiger partial charge in [-0.15, -0.1) is 0 Å². The highest BCUT2D eigenvalue weighted by molar-refractivity contribution is 7.35. The van der Waals surface area contributed by atoms with E-state index in [4.69, 9.17) is 11.1 Å². The van der Waals surface area contributed by atoms with Gasteiger partial charge in [0.25, 0.3) is 0 Å². The number of halogens is 1. The third kappa shape index (κ3) is 2.69. The predicted octanol–water partition coefficient (Wildman–Crippen LogP) is 4.96. The molecule has 0 aliphatic carbocycles. The lowest BCUT2D eigenvalue weighted by atomic mass is 9.99. The van der Waals surface area contributed by atoms with E-state index in [9.17, 15) is 0 Å². The van der Waals surface area contributed by atoms with E-state index in [1.165, 1.54) is 10.4 Å². The lowest BCUT2D eigenvalue weighted by Crippen LogP contribution is -2.62. The Morgan fingerprint density at radius 2 is 1.05 bits per heavy atom. The maximum absolute atomic E-state index is 7.55. The second-order valence-electron chi connectivity index (χ2n) is 5.73. The van der Waals surface area contributed by atoms with Gasteiger partial charge < -0.3 is 0 Å². The Morgan fingerprint density at radius 1 is 0.714 bits per heavy atom. The monoisotopic (exact) mass is 316 g/mol. The second-order valence-corrected chi connectivity index (χ2v) is 11.0. The SMILES string of the molecule is CCC(CC)(CC)[Si](Cl)(c1ccccc1)c1ccccc1. The van der Waals surface area contributed by atoms with Gasteiger partial charge in [-0.2, -0.15) is 11.1 Å². The van der Waals surface area contributed by atoms with Crippen molar-refractivity contribution in [1.82, 2.24) is 0 Å². The highest BCUT2D eigenvalue weighted by atomic mass is 35.6. The minimum absolute atomic E-state index is 0.192. The predicted molar refractivity (Wildman–Crippen MR) is 97.3 cm³/mol. The van der Waals surface area contributed by atoms with Gasteiger partial charge >= 0.3 is 0 Å². The molecule has 2 aromatic rings. The maximum atomic E-state index is 7.55. The van der Waals surface area contributed by atoms with Crippen LogP contribution in [0.25, 0.3) is 0 Å². The Bertz CT molecular complexity index is 499. The van der Waals surface area contributed by atoms with Crippen molar-refractivity contribution >= 4 is 28.8 Å². The second kappa shape index (κ2) is 6.80. The summed E-state index contributed by atoms with van der Waals surface area (Å²) in [7, 11) is -2.31. The first kappa shape index (κ1) is 16.3. The molecule has 0 N–H and O–H groups in total. The van der Waals surface area contributed by atoms with Crippen LogP contribution in [-0.4, -0.2) is 7.38 Å². The normalized spacial score (nSPS) is 12.4. The molecule has 0 saturated carbocycles. The lowest BCUT2D eigenvalue weighted by Gasteiger charge is -2.45. The van der Waals surface area contributed by atoms with Crippen LogP contribution in [0.15, 0.2) is 60.7 Å². The molecule has 0 aliphatic heterocycles. The van der Waals surface area contributed by atoms with Crippen LogP contribution in [0.3, 0.4) is 0 Å². The maximum Gasteiger partial charge on any atom is 0.223 e. The molecular formula is C19H25ClSi. The minimum Gasteiger partial charge on any atom is -0.154 e. The Kier molecular flexibility index (Phi) is 5.29. The molecule has 21 heavy (non-hydrogen) atoms. The van der Waals surface area contributed by atoms with Gasteiger partial charge in [0.1, 0.15) is 0 Å². The van der Waals surface area contributed by atoms with E-state index in [0.29, 0.717) is 0 Å². The third-order valence-corrected chi connectivity index (χ3v) is 12.4. The van der Waals surface area contributed by atoms with Crippen molar-refractivity contribution in [2.24, 2.45) is 0 Å². The van der Waals surface area contributed by atoms with Gasteiger partial charge in [-0.3, -0.25) is 0 Å². The molecule has 0 bridgehead atoms. The zero-order valence-electron chi connectivity index (χ0n) is 13.3. The number of hydrogen-bond acceptors (Lipinski definition) is 0. The van der Waals surface area contributed by atoms with Crippen molar-refractivity contribution in [3.8, 4) is 0 Å². The first-order valence-corrected chi connectivity index (χ1v) is 11.0.